The van der Waals surface area contributed by atoms with Gasteiger partial charge >= 0.3 is 5.97 Å². The van der Waals surface area contributed by atoms with Crippen LogP contribution in [0, 0.1) is 0 Å². The Kier molecular flexibility index (Phi) is 3.96. The normalized spacial score (nSPS) is 16.5. The van der Waals surface area contributed by atoms with Crippen molar-refractivity contribution in [2.75, 3.05) is 36.9 Å². The monoisotopic (exact) mass is 285 g/mol. The van der Waals surface area contributed by atoms with Crippen LogP contribution < -0.4 is 10.6 Å². The highest BCUT2D eigenvalue weighted by Gasteiger charge is 2.25. The van der Waals surface area contributed by atoms with Gasteiger partial charge in [-0.25, -0.2) is 9.78 Å². The van der Waals surface area contributed by atoms with Gasteiger partial charge in [0.15, 0.2) is 15.8 Å². The lowest BCUT2D eigenvalue weighted by atomic mass is 10.2. The molecule has 0 spiro atoms. The Balaban J connectivity index is 2.14. The maximum absolute atomic E-state index is 12.0. The molecule has 1 aromatic rings. The number of nitrogen functional groups attached to an aromatic ring is 1. The molecule has 106 valence electrons. The summed E-state index contributed by atoms with van der Waals surface area (Å²) in [6.45, 7) is 8.34. The van der Waals surface area contributed by atoms with Crippen molar-refractivity contribution in [1.29, 1.82) is 0 Å². The van der Waals surface area contributed by atoms with Crippen LogP contribution in [0.2, 0.25) is 0 Å². The van der Waals surface area contributed by atoms with E-state index in [0.29, 0.717) is 18.1 Å². The molecular weight excluding hydrogens is 266 g/mol. The molecule has 0 unspecified atom stereocenters. The fourth-order valence-corrected chi connectivity index (χ4v) is 2.59. The number of carbonyl (C=O) groups is 1. The van der Waals surface area contributed by atoms with Gasteiger partial charge in [0.2, 0.25) is 0 Å². The highest BCUT2D eigenvalue weighted by Crippen LogP contribution is 2.30. The molecule has 1 fully saturated rings. The summed E-state index contributed by atoms with van der Waals surface area (Å²) in [5.74, 6) is -0.178. The van der Waals surface area contributed by atoms with E-state index >= 15 is 0 Å². The molecule has 0 radical (unpaired) electrons. The van der Waals surface area contributed by atoms with E-state index in [9.17, 15) is 4.79 Å². The Bertz CT molecular complexity index is 461. The lowest BCUT2D eigenvalue weighted by Crippen LogP contribution is -2.36. The average Bonchev–Trinajstić information content (AvgIpc) is 2.70. The first-order valence-electron chi connectivity index (χ1n) is 6.19. The van der Waals surface area contributed by atoms with E-state index in [1.165, 1.54) is 11.3 Å². The van der Waals surface area contributed by atoms with E-state index in [0.717, 1.165) is 18.2 Å². The van der Waals surface area contributed by atoms with Crippen molar-refractivity contribution < 1.29 is 14.3 Å². The quantitative estimate of drug-likeness (QED) is 0.830. The molecule has 7 heteroatoms. The Hall–Kier alpha value is -1.34. The topological polar surface area (TPSA) is 77.7 Å². The van der Waals surface area contributed by atoms with E-state index in [1.807, 2.05) is 20.8 Å². The van der Waals surface area contributed by atoms with Crippen LogP contribution in [0.5, 0.6) is 0 Å². The number of thiazole rings is 1. The lowest BCUT2D eigenvalue weighted by Gasteiger charge is -2.25. The zero-order chi connectivity index (χ0) is 14.0. The summed E-state index contributed by atoms with van der Waals surface area (Å²) >= 11 is 1.27. The molecule has 2 heterocycles. The van der Waals surface area contributed by atoms with Crippen LogP contribution in [0.4, 0.5) is 10.9 Å². The number of carbonyl (C=O) groups excluding carboxylic acids is 1. The second-order valence-corrected chi connectivity index (χ2v) is 6.29. The van der Waals surface area contributed by atoms with Gasteiger partial charge < -0.3 is 20.1 Å². The smallest absolute Gasteiger partial charge is 0.352 e. The number of rotatable bonds is 2. The van der Waals surface area contributed by atoms with Gasteiger partial charge in [-0.1, -0.05) is 11.3 Å². The maximum atomic E-state index is 12.0. The molecule has 0 aliphatic carbocycles. The zero-order valence-corrected chi connectivity index (χ0v) is 12.2. The summed E-state index contributed by atoms with van der Waals surface area (Å²) in [6, 6.07) is 0. The van der Waals surface area contributed by atoms with Gasteiger partial charge in [0.05, 0.1) is 13.2 Å². The SMILES string of the molecule is CC(C)(C)OC(=O)c1sc(N2CCOCC2)nc1N. The molecule has 0 amide bonds. The van der Waals surface area contributed by atoms with Crippen LogP contribution >= 0.6 is 11.3 Å². The van der Waals surface area contributed by atoms with Crippen LogP contribution in [-0.2, 0) is 9.47 Å². The predicted molar refractivity (Wildman–Crippen MR) is 74.7 cm³/mol. The van der Waals surface area contributed by atoms with Crippen LogP contribution in [-0.4, -0.2) is 42.9 Å². The number of anilines is 2. The Morgan fingerprint density at radius 3 is 2.63 bits per heavy atom. The molecule has 0 aromatic carbocycles. The molecule has 0 bridgehead atoms. The second kappa shape index (κ2) is 5.34. The highest BCUT2D eigenvalue weighted by atomic mass is 32.1. The van der Waals surface area contributed by atoms with Crippen molar-refractivity contribution in [3.8, 4) is 0 Å². The largest absolute Gasteiger partial charge is 0.456 e. The number of hydrogen-bond acceptors (Lipinski definition) is 7. The molecule has 2 rings (SSSR count). The van der Waals surface area contributed by atoms with Crippen molar-refractivity contribution in [1.82, 2.24) is 4.98 Å². The fourth-order valence-electron chi connectivity index (χ4n) is 1.68. The molecule has 6 nitrogen and oxygen atoms in total. The Morgan fingerprint density at radius 1 is 1.42 bits per heavy atom. The first-order valence-corrected chi connectivity index (χ1v) is 7.01. The van der Waals surface area contributed by atoms with Crippen molar-refractivity contribution in [3.63, 3.8) is 0 Å². The standard InChI is InChI=1S/C12H19N3O3S/c1-12(2,3)18-10(16)8-9(13)14-11(19-8)15-4-6-17-7-5-15/h4-7,13H2,1-3H3. The van der Waals surface area contributed by atoms with E-state index in [4.69, 9.17) is 15.2 Å². The van der Waals surface area contributed by atoms with Crippen LogP contribution in [0.1, 0.15) is 30.4 Å². The van der Waals surface area contributed by atoms with Crippen molar-refractivity contribution >= 4 is 28.3 Å². The first kappa shape index (κ1) is 14.1. The summed E-state index contributed by atoms with van der Waals surface area (Å²) in [6.07, 6.45) is 0. The van der Waals surface area contributed by atoms with Gasteiger partial charge in [-0.3, -0.25) is 0 Å². The number of nitrogens with zero attached hydrogens (tertiary/aromatic N) is 2. The summed E-state index contributed by atoms with van der Waals surface area (Å²) in [7, 11) is 0. The molecule has 1 aromatic heterocycles. The van der Waals surface area contributed by atoms with Crippen molar-refractivity contribution in [3.05, 3.63) is 4.88 Å². The van der Waals surface area contributed by atoms with E-state index in [1.54, 1.807) is 0 Å². The van der Waals surface area contributed by atoms with E-state index < -0.39 is 11.6 Å². The van der Waals surface area contributed by atoms with Crippen LogP contribution in [0.3, 0.4) is 0 Å². The van der Waals surface area contributed by atoms with Gasteiger partial charge in [-0.05, 0) is 20.8 Å². The average molecular weight is 285 g/mol. The predicted octanol–water partition coefficient (Wildman–Crippen LogP) is 1.52. The molecule has 1 aliphatic rings. The third-order valence-electron chi connectivity index (χ3n) is 2.51. The summed E-state index contributed by atoms with van der Waals surface area (Å²) in [5.41, 5.74) is 5.27. The third-order valence-corrected chi connectivity index (χ3v) is 3.62. The summed E-state index contributed by atoms with van der Waals surface area (Å²) < 4.78 is 10.6. The van der Waals surface area contributed by atoms with E-state index in [-0.39, 0.29) is 5.82 Å². The number of esters is 1. The summed E-state index contributed by atoms with van der Waals surface area (Å²) in [4.78, 5) is 18.7. The molecule has 1 saturated heterocycles. The van der Waals surface area contributed by atoms with Gasteiger partial charge in [0.25, 0.3) is 0 Å². The van der Waals surface area contributed by atoms with Crippen LogP contribution in [0.25, 0.3) is 0 Å². The second-order valence-electron chi connectivity index (χ2n) is 5.31. The lowest BCUT2D eigenvalue weighted by molar-refractivity contribution is 0.00762. The first-order chi connectivity index (χ1) is 8.87. The minimum atomic E-state index is -0.535. The fraction of sp³-hybridized carbons (Fsp3) is 0.667. The van der Waals surface area contributed by atoms with Gasteiger partial charge in [0, 0.05) is 13.1 Å². The van der Waals surface area contributed by atoms with Crippen molar-refractivity contribution in [2.24, 2.45) is 0 Å². The molecule has 0 atom stereocenters. The van der Waals surface area contributed by atoms with Gasteiger partial charge in [-0.2, -0.15) is 0 Å². The summed E-state index contributed by atoms with van der Waals surface area (Å²) in [5, 5.41) is 0.752. The van der Waals surface area contributed by atoms with E-state index in [2.05, 4.69) is 9.88 Å². The number of hydrogen-bond donors (Lipinski definition) is 1. The number of nitrogens with two attached hydrogens (primary N) is 1. The molecule has 19 heavy (non-hydrogen) atoms. The molecule has 2 N–H and O–H groups in total. The minimum absolute atomic E-state index is 0.237. The number of ether oxygens (including phenoxy) is 2. The maximum Gasteiger partial charge on any atom is 0.352 e. The van der Waals surface area contributed by atoms with Crippen molar-refractivity contribution in [2.45, 2.75) is 26.4 Å². The number of morpholine rings is 1. The molecular formula is C12H19N3O3S. The van der Waals surface area contributed by atoms with Gasteiger partial charge in [0.1, 0.15) is 5.60 Å². The van der Waals surface area contributed by atoms with Gasteiger partial charge in [-0.15, -0.1) is 0 Å². The highest BCUT2D eigenvalue weighted by molar-refractivity contribution is 7.18. The van der Waals surface area contributed by atoms with Crippen LogP contribution in [0.15, 0.2) is 0 Å². The minimum Gasteiger partial charge on any atom is -0.456 e. The Morgan fingerprint density at radius 2 is 2.05 bits per heavy atom. The number of aromatic nitrogens is 1. The zero-order valence-electron chi connectivity index (χ0n) is 11.4. The third kappa shape index (κ3) is 3.57. The molecule has 0 saturated carbocycles. The Labute approximate surface area is 116 Å². The molecule has 1 aliphatic heterocycles.